The fourth-order valence-electron chi connectivity index (χ4n) is 3.20. The van der Waals surface area contributed by atoms with Crippen LogP contribution in [0.3, 0.4) is 0 Å². The number of rotatable bonds is 2. The topological polar surface area (TPSA) is 30.3 Å². The maximum Gasteiger partial charge on any atom is 0.128 e. The molecule has 4 rings (SSSR count). The highest BCUT2D eigenvalue weighted by Gasteiger charge is 2.43. The number of hydrogen-bond acceptors (Lipinski definition) is 3. The van der Waals surface area contributed by atoms with E-state index in [1.54, 1.807) is 0 Å². The summed E-state index contributed by atoms with van der Waals surface area (Å²) in [4.78, 5) is 10.6. The third kappa shape index (κ3) is 1.71. The largest absolute Gasteiger partial charge is 0.331 e. The highest BCUT2D eigenvalue weighted by molar-refractivity contribution is 5.19. The quantitative estimate of drug-likeness (QED) is 0.826. The lowest BCUT2D eigenvalue weighted by molar-refractivity contribution is -0.186. The first kappa shape index (κ1) is 11.2. The summed E-state index contributed by atoms with van der Waals surface area (Å²) in [6.07, 6.45) is 5.28. The van der Waals surface area contributed by atoms with Crippen LogP contribution < -0.4 is 0 Å². The van der Waals surface area contributed by atoms with Crippen molar-refractivity contribution in [2.45, 2.75) is 38.1 Å². The third-order valence-corrected chi connectivity index (χ3v) is 4.17. The number of hydroxylamine groups is 2. The van der Waals surface area contributed by atoms with E-state index in [-0.39, 0.29) is 18.2 Å². The second kappa shape index (κ2) is 4.18. The van der Waals surface area contributed by atoms with Crippen LogP contribution in [0, 0.1) is 0 Å². The lowest BCUT2D eigenvalue weighted by Gasteiger charge is -2.27. The van der Waals surface area contributed by atoms with E-state index in [0.29, 0.717) is 0 Å². The van der Waals surface area contributed by atoms with Crippen molar-refractivity contribution in [3.05, 3.63) is 54.1 Å². The van der Waals surface area contributed by atoms with Crippen LogP contribution in [0.4, 0.5) is 0 Å². The van der Waals surface area contributed by atoms with Crippen molar-refractivity contribution in [3.63, 3.8) is 0 Å². The van der Waals surface area contributed by atoms with Crippen molar-refractivity contribution in [2.24, 2.45) is 0 Å². The zero-order valence-corrected chi connectivity index (χ0v) is 10.9. The fourth-order valence-corrected chi connectivity index (χ4v) is 3.20. The number of aromatic nitrogens is 2. The first-order valence-corrected chi connectivity index (χ1v) is 6.84. The molecule has 1 saturated heterocycles. The molecule has 0 radical (unpaired) electrons. The van der Waals surface area contributed by atoms with E-state index in [2.05, 4.69) is 52.0 Å². The average molecular weight is 255 g/mol. The highest BCUT2D eigenvalue weighted by atomic mass is 16.7. The molecule has 2 aromatic rings. The van der Waals surface area contributed by atoms with Crippen molar-refractivity contribution in [3.8, 4) is 0 Å². The third-order valence-electron chi connectivity index (χ3n) is 4.17. The van der Waals surface area contributed by atoms with Gasteiger partial charge in [0.15, 0.2) is 0 Å². The van der Waals surface area contributed by atoms with Crippen LogP contribution in [-0.4, -0.2) is 20.7 Å². The molecule has 4 heteroatoms. The Kier molecular flexibility index (Phi) is 2.47. The zero-order chi connectivity index (χ0) is 12.8. The summed E-state index contributed by atoms with van der Waals surface area (Å²) in [5.41, 5.74) is 1.29. The molecule has 4 nitrogen and oxygen atoms in total. The Morgan fingerprint density at radius 3 is 3.00 bits per heavy atom. The van der Waals surface area contributed by atoms with Gasteiger partial charge in [-0.25, -0.2) is 4.98 Å². The Morgan fingerprint density at radius 1 is 1.32 bits per heavy atom. The fraction of sp³-hybridized carbons (Fsp3) is 0.400. The van der Waals surface area contributed by atoms with Gasteiger partial charge in [-0.15, -0.1) is 0 Å². The molecule has 1 fully saturated rings. The van der Waals surface area contributed by atoms with Crippen LogP contribution >= 0.6 is 0 Å². The van der Waals surface area contributed by atoms with Crippen LogP contribution in [0.25, 0.3) is 0 Å². The second-order valence-electron chi connectivity index (χ2n) is 5.36. The van der Waals surface area contributed by atoms with E-state index in [0.717, 1.165) is 18.8 Å². The van der Waals surface area contributed by atoms with Gasteiger partial charge in [0.1, 0.15) is 5.82 Å². The molecule has 3 heterocycles. The summed E-state index contributed by atoms with van der Waals surface area (Å²) in [5, 5.41) is 2.13. The SMILES string of the molecule is C[C@H](c1ccccc1)N1O[C@H]2C[C@@H]1c1nccn1C2. The van der Waals surface area contributed by atoms with Gasteiger partial charge in [0.25, 0.3) is 0 Å². The Morgan fingerprint density at radius 2 is 2.16 bits per heavy atom. The van der Waals surface area contributed by atoms with Crippen LogP contribution in [0.2, 0.25) is 0 Å². The zero-order valence-electron chi connectivity index (χ0n) is 10.9. The van der Waals surface area contributed by atoms with E-state index in [9.17, 15) is 0 Å². The molecule has 98 valence electrons. The average Bonchev–Trinajstić information content (AvgIpc) is 3.05. The summed E-state index contributed by atoms with van der Waals surface area (Å²) >= 11 is 0. The van der Waals surface area contributed by atoms with E-state index < -0.39 is 0 Å². The summed E-state index contributed by atoms with van der Waals surface area (Å²) in [7, 11) is 0. The van der Waals surface area contributed by atoms with Gasteiger partial charge in [0, 0.05) is 18.8 Å². The first-order chi connectivity index (χ1) is 9.33. The van der Waals surface area contributed by atoms with Gasteiger partial charge >= 0.3 is 0 Å². The maximum absolute atomic E-state index is 6.11. The molecule has 1 aromatic heterocycles. The van der Waals surface area contributed by atoms with Crippen molar-refractivity contribution >= 4 is 0 Å². The first-order valence-electron chi connectivity index (χ1n) is 6.84. The van der Waals surface area contributed by atoms with E-state index in [4.69, 9.17) is 4.84 Å². The summed E-state index contributed by atoms with van der Waals surface area (Å²) < 4.78 is 2.22. The van der Waals surface area contributed by atoms with Gasteiger partial charge in [-0.3, -0.25) is 4.84 Å². The van der Waals surface area contributed by atoms with Gasteiger partial charge < -0.3 is 4.57 Å². The predicted octanol–water partition coefficient (Wildman–Crippen LogP) is 2.70. The van der Waals surface area contributed by atoms with Crippen molar-refractivity contribution < 1.29 is 4.84 Å². The minimum atomic E-state index is 0.249. The lowest BCUT2D eigenvalue weighted by atomic mass is 10.0. The Labute approximate surface area is 112 Å². The molecule has 0 aliphatic carbocycles. The number of benzene rings is 1. The number of imidazole rings is 1. The maximum atomic E-state index is 6.11. The predicted molar refractivity (Wildman–Crippen MR) is 71.2 cm³/mol. The molecule has 3 atom stereocenters. The Balaban J connectivity index is 1.67. The molecular weight excluding hydrogens is 238 g/mol. The normalized spacial score (nSPS) is 27.2. The molecule has 1 aromatic carbocycles. The van der Waals surface area contributed by atoms with Crippen LogP contribution in [0.1, 0.15) is 36.8 Å². The molecule has 0 unspecified atom stereocenters. The summed E-state index contributed by atoms with van der Waals surface area (Å²) in [6, 6.07) is 11.0. The minimum Gasteiger partial charge on any atom is -0.331 e. The molecule has 19 heavy (non-hydrogen) atoms. The molecule has 0 amide bonds. The number of hydrogen-bond donors (Lipinski definition) is 0. The van der Waals surface area contributed by atoms with Crippen LogP contribution in [-0.2, 0) is 11.4 Å². The number of fused-ring (bicyclic) bond motifs is 4. The molecule has 0 spiro atoms. The van der Waals surface area contributed by atoms with E-state index >= 15 is 0 Å². The van der Waals surface area contributed by atoms with E-state index in [1.807, 2.05) is 12.3 Å². The van der Waals surface area contributed by atoms with E-state index in [1.165, 1.54) is 5.56 Å². The molecule has 2 aliphatic heterocycles. The highest BCUT2D eigenvalue weighted by Crippen LogP contribution is 2.42. The number of nitrogens with zero attached hydrogens (tertiary/aromatic N) is 3. The molecule has 2 bridgehead atoms. The smallest absolute Gasteiger partial charge is 0.128 e. The van der Waals surface area contributed by atoms with Crippen molar-refractivity contribution in [2.75, 3.05) is 0 Å². The Bertz CT molecular complexity index is 580. The van der Waals surface area contributed by atoms with Crippen molar-refractivity contribution in [1.29, 1.82) is 0 Å². The standard InChI is InChI=1S/C15H17N3O/c1-11(12-5-3-2-4-6-12)18-14-9-13(19-18)10-17-8-7-16-15(14)17/h2-8,11,13-14H,9-10H2,1H3/t11-,13+,14-/m1/s1. The van der Waals surface area contributed by atoms with Crippen LogP contribution in [0.5, 0.6) is 0 Å². The summed E-state index contributed by atoms with van der Waals surface area (Å²) in [5.74, 6) is 1.14. The van der Waals surface area contributed by atoms with Gasteiger partial charge in [-0.2, -0.15) is 5.06 Å². The molecular formula is C15H17N3O. The molecule has 2 aliphatic rings. The van der Waals surface area contributed by atoms with Gasteiger partial charge in [-0.1, -0.05) is 30.3 Å². The summed E-state index contributed by atoms with van der Waals surface area (Å²) in [6.45, 7) is 3.12. The van der Waals surface area contributed by atoms with Crippen LogP contribution in [0.15, 0.2) is 42.7 Å². The van der Waals surface area contributed by atoms with Gasteiger partial charge in [-0.05, 0) is 12.5 Å². The minimum absolute atomic E-state index is 0.249. The van der Waals surface area contributed by atoms with Gasteiger partial charge in [0.05, 0.1) is 24.7 Å². The second-order valence-corrected chi connectivity index (χ2v) is 5.36. The van der Waals surface area contributed by atoms with Gasteiger partial charge in [0.2, 0.25) is 0 Å². The van der Waals surface area contributed by atoms with Crippen molar-refractivity contribution in [1.82, 2.24) is 14.6 Å². The monoisotopic (exact) mass is 255 g/mol. The molecule has 0 N–H and O–H groups in total. The molecule has 0 saturated carbocycles. The lowest BCUT2D eigenvalue weighted by Crippen LogP contribution is -2.26. The Hall–Kier alpha value is -1.65.